The van der Waals surface area contributed by atoms with Crippen LogP contribution < -0.4 is 5.73 Å². The summed E-state index contributed by atoms with van der Waals surface area (Å²) in [4.78, 5) is 9.96. The molecular weight excluding hydrogens is 122 g/mol. The predicted octanol–water partition coefficient (Wildman–Crippen LogP) is -0.129. The number of rotatable bonds is 3. The molecule has 1 atom stereocenters. The smallest absolute Gasteiger partial charge is 0.404 e. The van der Waals surface area contributed by atoms with E-state index in [-0.39, 0.29) is 0 Å². The van der Waals surface area contributed by atoms with Crippen LogP contribution in [0.15, 0.2) is 0 Å². The van der Waals surface area contributed by atoms with Crippen molar-refractivity contribution in [1.29, 1.82) is 0 Å². The Kier molecular flexibility index (Phi) is 1.89. The molecule has 52 valence electrons. The summed E-state index contributed by atoms with van der Waals surface area (Å²) >= 11 is 0. The summed E-state index contributed by atoms with van der Waals surface area (Å²) in [6.45, 7) is 1.17. The number of primary amides is 1. The van der Waals surface area contributed by atoms with Gasteiger partial charge in [-0.05, 0) is 0 Å². The third kappa shape index (κ3) is 2.92. The number of ether oxygens (including phenoxy) is 2. The maximum atomic E-state index is 9.96. The first kappa shape index (κ1) is 6.35. The van der Waals surface area contributed by atoms with Crippen LogP contribution in [-0.4, -0.2) is 25.4 Å². The SMILES string of the molecule is NC(=O)OCCC1CO1. The molecule has 0 spiro atoms. The van der Waals surface area contributed by atoms with Crippen LogP contribution >= 0.6 is 0 Å². The van der Waals surface area contributed by atoms with Crippen LogP contribution in [0.4, 0.5) is 4.79 Å². The van der Waals surface area contributed by atoms with E-state index in [0.29, 0.717) is 12.7 Å². The van der Waals surface area contributed by atoms with Gasteiger partial charge < -0.3 is 15.2 Å². The molecule has 1 rings (SSSR count). The van der Waals surface area contributed by atoms with Crippen LogP contribution in [0.25, 0.3) is 0 Å². The molecule has 1 fully saturated rings. The molecular formula is C5H9NO3. The Labute approximate surface area is 52.9 Å². The molecule has 0 aromatic heterocycles. The average molecular weight is 131 g/mol. The molecule has 1 aliphatic rings. The lowest BCUT2D eigenvalue weighted by Gasteiger charge is -1.96. The summed E-state index contributed by atoms with van der Waals surface area (Å²) in [5, 5.41) is 0. The van der Waals surface area contributed by atoms with Gasteiger partial charge in [0.1, 0.15) is 0 Å². The van der Waals surface area contributed by atoms with Gasteiger partial charge in [0, 0.05) is 6.42 Å². The number of hydrogen-bond acceptors (Lipinski definition) is 3. The Balaban J connectivity index is 1.86. The fourth-order valence-corrected chi connectivity index (χ4v) is 0.526. The molecule has 1 unspecified atom stereocenters. The molecule has 1 aliphatic heterocycles. The van der Waals surface area contributed by atoms with Crippen LogP contribution in [0.3, 0.4) is 0 Å². The number of epoxide rings is 1. The highest BCUT2D eigenvalue weighted by Gasteiger charge is 2.21. The molecule has 9 heavy (non-hydrogen) atoms. The first-order valence-corrected chi connectivity index (χ1v) is 2.83. The zero-order chi connectivity index (χ0) is 6.69. The van der Waals surface area contributed by atoms with Crippen LogP contribution in [-0.2, 0) is 9.47 Å². The van der Waals surface area contributed by atoms with E-state index in [0.717, 1.165) is 13.0 Å². The minimum atomic E-state index is -0.712. The largest absolute Gasteiger partial charge is 0.450 e. The average Bonchev–Trinajstić information content (AvgIpc) is 2.48. The monoisotopic (exact) mass is 131 g/mol. The van der Waals surface area contributed by atoms with Crippen molar-refractivity contribution < 1.29 is 14.3 Å². The molecule has 0 saturated carbocycles. The second-order valence-corrected chi connectivity index (χ2v) is 1.91. The van der Waals surface area contributed by atoms with E-state index in [2.05, 4.69) is 4.74 Å². The highest BCUT2D eigenvalue weighted by Crippen LogP contribution is 2.12. The van der Waals surface area contributed by atoms with Gasteiger partial charge in [-0.2, -0.15) is 0 Å². The molecule has 1 heterocycles. The van der Waals surface area contributed by atoms with Crippen molar-refractivity contribution in [2.45, 2.75) is 12.5 Å². The zero-order valence-corrected chi connectivity index (χ0v) is 5.00. The maximum Gasteiger partial charge on any atom is 0.404 e. The molecule has 2 N–H and O–H groups in total. The quantitative estimate of drug-likeness (QED) is 0.542. The van der Waals surface area contributed by atoms with Crippen molar-refractivity contribution in [3.8, 4) is 0 Å². The zero-order valence-electron chi connectivity index (χ0n) is 5.00. The Morgan fingerprint density at radius 1 is 1.89 bits per heavy atom. The third-order valence-corrected chi connectivity index (χ3v) is 1.09. The number of amides is 1. The van der Waals surface area contributed by atoms with Crippen molar-refractivity contribution in [1.82, 2.24) is 0 Å². The third-order valence-electron chi connectivity index (χ3n) is 1.09. The van der Waals surface area contributed by atoms with E-state index < -0.39 is 6.09 Å². The van der Waals surface area contributed by atoms with Crippen molar-refractivity contribution in [2.75, 3.05) is 13.2 Å². The first-order chi connectivity index (χ1) is 4.29. The Hall–Kier alpha value is -0.770. The van der Waals surface area contributed by atoms with E-state index in [1.165, 1.54) is 0 Å². The lowest BCUT2D eigenvalue weighted by Crippen LogP contribution is -2.14. The van der Waals surface area contributed by atoms with Gasteiger partial charge in [-0.1, -0.05) is 0 Å². The second kappa shape index (κ2) is 2.68. The number of carbonyl (C=O) groups is 1. The number of carbonyl (C=O) groups excluding carboxylic acids is 1. The molecule has 1 amide bonds. The van der Waals surface area contributed by atoms with Gasteiger partial charge >= 0.3 is 6.09 Å². The van der Waals surface area contributed by atoms with Gasteiger partial charge in [0.15, 0.2) is 0 Å². The summed E-state index contributed by atoms with van der Waals surface area (Å²) in [6, 6.07) is 0. The minimum Gasteiger partial charge on any atom is -0.450 e. The molecule has 0 radical (unpaired) electrons. The summed E-state index contributed by atoms with van der Waals surface area (Å²) in [5.74, 6) is 0. The van der Waals surface area contributed by atoms with Crippen molar-refractivity contribution in [2.24, 2.45) is 5.73 Å². The van der Waals surface area contributed by atoms with Gasteiger partial charge in [0.2, 0.25) is 0 Å². The van der Waals surface area contributed by atoms with Gasteiger partial charge in [-0.25, -0.2) is 4.79 Å². The highest BCUT2D eigenvalue weighted by molar-refractivity contribution is 5.64. The van der Waals surface area contributed by atoms with Crippen molar-refractivity contribution in [3.05, 3.63) is 0 Å². The Bertz CT molecular complexity index is 111. The van der Waals surface area contributed by atoms with Gasteiger partial charge in [0.25, 0.3) is 0 Å². The van der Waals surface area contributed by atoms with Crippen molar-refractivity contribution >= 4 is 6.09 Å². The fourth-order valence-electron chi connectivity index (χ4n) is 0.526. The lowest BCUT2D eigenvalue weighted by molar-refractivity contribution is 0.152. The van der Waals surface area contributed by atoms with E-state index >= 15 is 0 Å². The topological polar surface area (TPSA) is 64.9 Å². The van der Waals surface area contributed by atoms with E-state index in [1.54, 1.807) is 0 Å². The Morgan fingerprint density at radius 3 is 3.00 bits per heavy atom. The van der Waals surface area contributed by atoms with Crippen LogP contribution in [0, 0.1) is 0 Å². The van der Waals surface area contributed by atoms with Gasteiger partial charge in [-0.3, -0.25) is 0 Å². The standard InChI is InChI=1S/C5H9NO3/c6-5(7)8-2-1-4-3-9-4/h4H,1-3H2,(H2,6,7). The van der Waals surface area contributed by atoms with E-state index in [4.69, 9.17) is 10.5 Å². The minimum absolute atomic E-state index is 0.310. The van der Waals surface area contributed by atoms with E-state index in [1.807, 2.05) is 0 Å². The summed E-state index contributed by atoms with van der Waals surface area (Å²) < 4.78 is 9.31. The van der Waals surface area contributed by atoms with Gasteiger partial charge in [0.05, 0.1) is 19.3 Å². The van der Waals surface area contributed by atoms with Crippen LogP contribution in [0.1, 0.15) is 6.42 Å². The molecule has 1 saturated heterocycles. The predicted molar refractivity (Wildman–Crippen MR) is 29.9 cm³/mol. The number of hydrogen-bond donors (Lipinski definition) is 1. The van der Waals surface area contributed by atoms with Crippen LogP contribution in [0.2, 0.25) is 0 Å². The fraction of sp³-hybridized carbons (Fsp3) is 0.800. The molecule has 4 nitrogen and oxygen atoms in total. The summed E-state index contributed by atoms with van der Waals surface area (Å²) in [5.41, 5.74) is 4.70. The Morgan fingerprint density at radius 2 is 2.56 bits per heavy atom. The van der Waals surface area contributed by atoms with Crippen molar-refractivity contribution in [3.63, 3.8) is 0 Å². The molecule has 0 bridgehead atoms. The lowest BCUT2D eigenvalue weighted by atomic mass is 10.4. The maximum absolute atomic E-state index is 9.96. The molecule has 0 aliphatic carbocycles. The molecule has 4 heteroatoms. The number of nitrogens with two attached hydrogens (primary N) is 1. The molecule has 0 aromatic carbocycles. The summed E-state index contributed by atoms with van der Waals surface area (Å²) in [7, 11) is 0. The molecule has 0 aromatic rings. The van der Waals surface area contributed by atoms with E-state index in [9.17, 15) is 4.79 Å². The normalized spacial score (nSPS) is 23.3. The van der Waals surface area contributed by atoms with Crippen LogP contribution in [0.5, 0.6) is 0 Å². The first-order valence-electron chi connectivity index (χ1n) is 2.83. The highest BCUT2D eigenvalue weighted by atomic mass is 16.6. The second-order valence-electron chi connectivity index (χ2n) is 1.91. The van der Waals surface area contributed by atoms with Gasteiger partial charge in [-0.15, -0.1) is 0 Å². The summed E-state index contributed by atoms with van der Waals surface area (Å²) in [6.07, 6.45) is 0.364.